The first-order valence-corrected chi connectivity index (χ1v) is 9.59. The number of guanidine groups is 1. The molecule has 2 N–H and O–H groups in total. The molecule has 6 heteroatoms. The van der Waals surface area contributed by atoms with Gasteiger partial charge in [0.05, 0.1) is 13.2 Å². The number of ether oxygens (including phenoxy) is 2. The van der Waals surface area contributed by atoms with Gasteiger partial charge in [-0.1, -0.05) is 18.9 Å². The van der Waals surface area contributed by atoms with E-state index in [1.165, 1.54) is 38.5 Å². The predicted molar refractivity (Wildman–Crippen MR) is 117 cm³/mol. The largest absolute Gasteiger partial charge is 0.493 e. The Morgan fingerprint density at radius 2 is 1.77 bits per heavy atom. The summed E-state index contributed by atoms with van der Waals surface area (Å²) in [5.74, 6) is 2.54. The summed E-state index contributed by atoms with van der Waals surface area (Å²) in [6.07, 6.45) is 10.3. The number of rotatable bonds is 6. The molecule has 0 aliphatic heterocycles. The van der Waals surface area contributed by atoms with Crippen molar-refractivity contribution in [2.75, 3.05) is 14.2 Å². The number of aliphatic imine (C=N–C) groups is 1. The van der Waals surface area contributed by atoms with E-state index in [0.717, 1.165) is 35.9 Å². The van der Waals surface area contributed by atoms with E-state index >= 15 is 0 Å². The summed E-state index contributed by atoms with van der Waals surface area (Å²) >= 11 is 0. The molecule has 0 bridgehead atoms. The molecule has 0 heterocycles. The minimum Gasteiger partial charge on any atom is -0.493 e. The highest BCUT2D eigenvalue weighted by Gasteiger charge is 2.19. The van der Waals surface area contributed by atoms with E-state index in [0.29, 0.717) is 18.7 Å². The number of hydrogen-bond acceptors (Lipinski definition) is 3. The smallest absolute Gasteiger partial charge is 0.191 e. The summed E-state index contributed by atoms with van der Waals surface area (Å²) < 4.78 is 11.6. The molecule has 2 aliphatic rings. The van der Waals surface area contributed by atoms with E-state index in [1.54, 1.807) is 7.11 Å². The van der Waals surface area contributed by atoms with E-state index in [1.807, 2.05) is 13.1 Å². The van der Waals surface area contributed by atoms with E-state index in [-0.39, 0.29) is 24.0 Å². The average molecular weight is 473 g/mol. The van der Waals surface area contributed by atoms with Crippen molar-refractivity contribution < 1.29 is 9.47 Å². The van der Waals surface area contributed by atoms with Crippen molar-refractivity contribution in [1.82, 2.24) is 10.6 Å². The zero-order valence-corrected chi connectivity index (χ0v) is 18.3. The molecule has 0 amide bonds. The molecule has 0 atom stereocenters. The fraction of sp³-hybridized carbons (Fsp3) is 0.650. The van der Waals surface area contributed by atoms with E-state index < -0.39 is 0 Å². The van der Waals surface area contributed by atoms with Crippen LogP contribution in [0.1, 0.15) is 56.9 Å². The average Bonchev–Trinajstić information content (AvgIpc) is 3.33. The lowest BCUT2D eigenvalue weighted by Crippen LogP contribution is -2.41. The number of methoxy groups -OCH3 is 1. The van der Waals surface area contributed by atoms with Crippen LogP contribution in [0.25, 0.3) is 0 Å². The van der Waals surface area contributed by atoms with E-state index in [9.17, 15) is 0 Å². The normalized spacial score (nSPS) is 18.5. The van der Waals surface area contributed by atoms with Crippen molar-refractivity contribution in [1.29, 1.82) is 0 Å². The van der Waals surface area contributed by atoms with Crippen LogP contribution in [0.3, 0.4) is 0 Å². The second kappa shape index (κ2) is 10.8. The lowest BCUT2D eigenvalue weighted by atomic mass is 10.2. The Hall–Kier alpha value is -1.18. The number of hydrogen-bond donors (Lipinski definition) is 2. The molecular formula is C20H32IN3O2. The van der Waals surface area contributed by atoms with Crippen molar-refractivity contribution in [3.05, 3.63) is 23.8 Å². The predicted octanol–water partition coefficient (Wildman–Crippen LogP) is 4.24. The highest BCUT2D eigenvalue weighted by Crippen LogP contribution is 2.32. The molecule has 0 aromatic heterocycles. The fourth-order valence-electron chi connectivity index (χ4n) is 3.75. The molecule has 0 saturated heterocycles. The van der Waals surface area contributed by atoms with Crippen LogP contribution in [0, 0.1) is 0 Å². The van der Waals surface area contributed by atoms with E-state index in [2.05, 4.69) is 27.8 Å². The van der Waals surface area contributed by atoms with Crippen molar-refractivity contribution in [2.24, 2.45) is 4.99 Å². The molecule has 0 radical (unpaired) electrons. The summed E-state index contributed by atoms with van der Waals surface area (Å²) in [7, 11) is 3.53. The molecule has 2 aliphatic carbocycles. The molecule has 0 unspecified atom stereocenters. The Bertz CT molecular complexity index is 582. The number of halogens is 1. The van der Waals surface area contributed by atoms with Gasteiger partial charge >= 0.3 is 0 Å². The van der Waals surface area contributed by atoms with Crippen LogP contribution < -0.4 is 20.1 Å². The van der Waals surface area contributed by atoms with Gasteiger partial charge in [-0.05, 0) is 56.2 Å². The molecule has 1 aromatic carbocycles. The van der Waals surface area contributed by atoms with Crippen LogP contribution in [0.4, 0.5) is 0 Å². The van der Waals surface area contributed by atoms with Crippen LogP contribution in [0.2, 0.25) is 0 Å². The summed E-state index contributed by atoms with van der Waals surface area (Å²) in [4.78, 5) is 4.33. The van der Waals surface area contributed by atoms with Crippen LogP contribution in [0.15, 0.2) is 23.2 Å². The van der Waals surface area contributed by atoms with Gasteiger partial charge in [0.2, 0.25) is 0 Å². The van der Waals surface area contributed by atoms with Gasteiger partial charge < -0.3 is 20.1 Å². The Balaban J connectivity index is 0.00000243. The minimum atomic E-state index is 0. The molecule has 2 saturated carbocycles. The maximum atomic E-state index is 6.11. The SMILES string of the molecule is CN=C(NCc1ccc(OC2CCCC2)c(OC)c1)NC1CCCC1.I. The molecule has 2 fully saturated rings. The Morgan fingerprint density at radius 1 is 1.08 bits per heavy atom. The summed E-state index contributed by atoms with van der Waals surface area (Å²) in [6, 6.07) is 6.74. The van der Waals surface area contributed by atoms with Crippen molar-refractivity contribution >= 4 is 29.9 Å². The van der Waals surface area contributed by atoms with Crippen molar-refractivity contribution in [3.8, 4) is 11.5 Å². The third-order valence-electron chi connectivity index (χ3n) is 5.20. The Morgan fingerprint density at radius 3 is 2.42 bits per heavy atom. The van der Waals surface area contributed by atoms with Gasteiger partial charge in [-0.25, -0.2) is 0 Å². The summed E-state index contributed by atoms with van der Waals surface area (Å²) in [5.41, 5.74) is 1.16. The Kier molecular flexibility index (Phi) is 8.81. The van der Waals surface area contributed by atoms with Gasteiger partial charge in [-0.3, -0.25) is 4.99 Å². The highest BCUT2D eigenvalue weighted by atomic mass is 127. The molecule has 3 rings (SSSR count). The van der Waals surface area contributed by atoms with Gasteiger partial charge in [0.1, 0.15) is 0 Å². The first-order valence-electron chi connectivity index (χ1n) is 9.59. The molecule has 5 nitrogen and oxygen atoms in total. The molecular weight excluding hydrogens is 441 g/mol. The third-order valence-corrected chi connectivity index (χ3v) is 5.20. The summed E-state index contributed by atoms with van der Waals surface area (Å²) in [5, 5.41) is 6.91. The zero-order valence-electron chi connectivity index (χ0n) is 15.9. The molecule has 0 spiro atoms. The van der Waals surface area contributed by atoms with Crippen LogP contribution in [-0.4, -0.2) is 32.3 Å². The minimum absolute atomic E-state index is 0. The van der Waals surface area contributed by atoms with Gasteiger partial charge in [0.25, 0.3) is 0 Å². The Labute approximate surface area is 174 Å². The van der Waals surface area contributed by atoms with Crippen LogP contribution in [0.5, 0.6) is 11.5 Å². The molecule has 26 heavy (non-hydrogen) atoms. The standard InChI is InChI=1S/C20H31N3O2.HI/c1-21-20(23-16-7-3-4-8-16)22-14-15-11-12-18(19(13-15)24-2)25-17-9-5-6-10-17;/h11-13,16-17H,3-10,14H2,1-2H3,(H2,21,22,23);1H. The molecule has 146 valence electrons. The monoisotopic (exact) mass is 473 g/mol. The maximum Gasteiger partial charge on any atom is 0.191 e. The van der Waals surface area contributed by atoms with Gasteiger partial charge in [0, 0.05) is 19.6 Å². The van der Waals surface area contributed by atoms with Crippen LogP contribution >= 0.6 is 24.0 Å². The topological polar surface area (TPSA) is 54.9 Å². The van der Waals surface area contributed by atoms with Crippen LogP contribution in [-0.2, 0) is 6.54 Å². The number of benzene rings is 1. The third kappa shape index (κ3) is 5.93. The lowest BCUT2D eigenvalue weighted by molar-refractivity contribution is 0.200. The fourth-order valence-corrected chi connectivity index (χ4v) is 3.75. The summed E-state index contributed by atoms with van der Waals surface area (Å²) in [6.45, 7) is 0.715. The van der Waals surface area contributed by atoms with Gasteiger partial charge in [0.15, 0.2) is 17.5 Å². The number of nitrogens with one attached hydrogen (secondary N) is 2. The van der Waals surface area contributed by atoms with Crippen molar-refractivity contribution in [3.63, 3.8) is 0 Å². The second-order valence-electron chi connectivity index (χ2n) is 7.06. The molecule has 1 aromatic rings. The maximum absolute atomic E-state index is 6.11. The van der Waals surface area contributed by atoms with Crippen molar-refractivity contribution in [2.45, 2.75) is 70.1 Å². The van der Waals surface area contributed by atoms with Gasteiger partial charge in [-0.15, -0.1) is 24.0 Å². The van der Waals surface area contributed by atoms with Gasteiger partial charge in [-0.2, -0.15) is 0 Å². The zero-order chi connectivity index (χ0) is 17.5. The second-order valence-corrected chi connectivity index (χ2v) is 7.06. The first kappa shape index (κ1) is 21.1. The quantitative estimate of drug-likeness (QED) is 0.369. The first-order chi connectivity index (χ1) is 12.3. The number of nitrogens with zero attached hydrogens (tertiary/aromatic N) is 1. The highest BCUT2D eigenvalue weighted by molar-refractivity contribution is 14.0. The lowest BCUT2D eigenvalue weighted by Gasteiger charge is -2.18. The van der Waals surface area contributed by atoms with E-state index in [4.69, 9.17) is 9.47 Å².